The van der Waals surface area contributed by atoms with E-state index in [0.717, 1.165) is 25.7 Å². The second kappa shape index (κ2) is 7.14. The molecule has 0 unspecified atom stereocenters. The zero-order chi connectivity index (χ0) is 19.2. The van der Waals surface area contributed by atoms with Gasteiger partial charge in [-0.15, -0.1) is 0 Å². The van der Waals surface area contributed by atoms with Crippen LogP contribution in [0.1, 0.15) is 61.1 Å². The molecular formula is C24H32B2. The van der Waals surface area contributed by atoms with Gasteiger partial charge < -0.3 is 0 Å². The van der Waals surface area contributed by atoms with Crippen LogP contribution in [0.2, 0.25) is 0 Å². The second-order valence-electron chi connectivity index (χ2n) is 7.77. The lowest BCUT2D eigenvalue weighted by Gasteiger charge is -2.23. The second-order valence-corrected chi connectivity index (χ2v) is 7.77. The molecule has 134 valence electrons. The Balaban J connectivity index is 2.63. The number of hydrogen-bond donors (Lipinski definition) is 0. The van der Waals surface area contributed by atoms with Gasteiger partial charge >= 0.3 is 0 Å². The van der Waals surface area contributed by atoms with Gasteiger partial charge in [-0.25, -0.2) is 0 Å². The average Bonchev–Trinajstić information content (AvgIpc) is 2.67. The molecule has 3 aromatic rings. The number of aryl methyl sites for hydroxylation is 2. The molecule has 2 heteroatoms. The van der Waals surface area contributed by atoms with Crippen LogP contribution in [0, 0.1) is 13.8 Å². The Kier molecular flexibility index (Phi) is 5.24. The minimum absolute atomic E-state index is 1.12. The van der Waals surface area contributed by atoms with Crippen molar-refractivity contribution in [1.82, 2.24) is 0 Å². The minimum atomic E-state index is 1.12. The Hall–Kier alpha value is -1.69. The molecule has 0 atom stereocenters. The van der Waals surface area contributed by atoms with Crippen molar-refractivity contribution in [2.24, 2.45) is 0 Å². The standard InChI is InChI=1S/C24H32B2/c1-7-15-16(8-2)18(10-4)20-12-22-21(11-19(20)17(15)9-3)23(25)13(5)14(6)24(22)26/h11-12H,7-10,25-26H2,1-6H3. The van der Waals surface area contributed by atoms with E-state index in [4.69, 9.17) is 0 Å². The molecule has 0 bridgehead atoms. The zero-order valence-electron chi connectivity index (χ0n) is 18.0. The molecule has 0 saturated carbocycles. The predicted molar refractivity (Wildman–Crippen MR) is 125 cm³/mol. The lowest BCUT2D eigenvalue weighted by Crippen LogP contribution is -2.21. The van der Waals surface area contributed by atoms with E-state index in [2.05, 4.69) is 69.4 Å². The summed E-state index contributed by atoms with van der Waals surface area (Å²) in [5, 5.41) is 5.88. The van der Waals surface area contributed by atoms with Crippen LogP contribution in [0.25, 0.3) is 21.5 Å². The third kappa shape index (κ3) is 2.61. The lowest BCUT2D eigenvalue weighted by atomic mass is 9.74. The summed E-state index contributed by atoms with van der Waals surface area (Å²) in [7, 11) is 4.59. The van der Waals surface area contributed by atoms with E-state index in [9.17, 15) is 0 Å². The van der Waals surface area contributed by atoms with Crippen LogP contribution in [-0.2, 0) is 25.7 Å². The maximum absolute atomic E-state index is 2.51. The quantitative estimate of drug-likeness (QED) is 0.504. The van der Waals surface area contributed by atoms with Crippen molar-refractivity contribution >= 4 is 48.2 Å². The number of benzene rings is 3. The highest BCUT2D eigenvalue weighted by Crippen LogP contribution is 2.35. The third-order valence-corrected chi connectivity index (χ3v) is 6.81. The fraction of sp³-hybridized carbons (Fsp3) is 0.417. The molecule has 0 saturated heterocycles. The van der Waals surface area contributed by atoms with E-state index in [1.165, 1.54) is 43.6 Å². The van der Waals surface area contributed by atoms with Crippen LogP contribution in [0.3, 0.4) is 0 Å². The summed E-state index contributed by atoms with van der Waals surface area (Å²) in [5.41, 5.74) is 12.2. The summed E-state index contributed by atoms with van der Waals surface area (Å²) < 4.78 is 0. The van der Waals surface area contributed by atoms with E-state index >= 15 is 0 Å². The highest BCUT2D eigenvalue weighted by molar-refractivity contribution is 6.47. The maximum Gasteiger partial charge on any atom is 0.140 e. The Morgan fingerprint density at radius 3 is 1.12 bits per heavy atom. The van der Waals surface area contributed by atoms with Crippen molar-refractivity contribution in [3.8, 4) is 0 Å². The van der Waals surface area contributed by atoms with E-state index in [1.807, 2.05) is 0 Å². The van der Waals surface area contributed by atoms with Gasteiger partial charge in [-0.05, 0) is 95.5 Å². The molecule has 0 radical (unpaired) electrons. The van der Waals surface area contributed by atoms with Gasteiger partial charge in [0.15, 0.2) is 0 Å². The van der Waals surface area contributed by atoms with Crippen molar-refractivity contribution in [1.29, 1.82) is 0 Å². The smallest absolute Gasteiger partial charge is 0.0782 e. The number of rotatable bonds is 4. The molecule has 0 fully saturated rings. The SMILES string of the molecule is Bc1c(C)c(C)c(B)c2cc3c(CC)c(CC)c(CC)c(CC)c3cc12. The third-order valence-electron chi connectivity index (χ3n) is 6.81. The van der Waals surface area contributed by atoms with E-state index in [0.29, 0.717) is 0 Å². The molecule has 0 aromatic heterocycles. The Labute approximate surface area is 161 Å². The molecule has 0 aliphatic heterocycles. The van der Waals surface area contributed by atoms with Gasteiger partial charge in [-0.3, -0.25) is 0 Å². The first-order chi connectivity index (χ1) is 12.4. The average molecular weight is 342 g/mol. The van der Waals surface area contributed by atoms with Crippen molar-refractivity contribution in [3.05, 3.63) is 45.5 Å². The van der Waals surface area contributed by atoms with Crippen LogP contribution in [0.4, 0.5) is 0 Å². The van der Waals surface area contributed by atoms with Gasteiger partial charge in [0.2, 0.25) is 0 Å². The lowest BCUT2D eigenvalue weighted by molar-refractivity contribution is 0.961. The first kappa shape index (κ1) is 19.1. The molecule has 0 aliphatic carbocycles. The van der Waals surface area contributed by atoms with Crippen molar-refractivity contribution in [2.45, 2.75) is 67.2 Å². The Morgan fingerprint density at radius 2 is 0.846 bits per heavy atom. The molecule has 3 rings (SSSR count). The van der Waals surface area contributed by atoms with Gasteiger partial charge in [0, 0.05) is 0 Å². The topological polar surface area (TPSA) is 0 Å². The molecule has 0 aliphatic rings. The number of fused-ring (bicyclic) bond motifs is 2. The summed E-state index contributed by atoms with van der Waals surface area (Å²) >= 11 is 0. The fourth-order valence-corrected chi connectivity index (χ4v) is 5.04. The minimum Gasteiger partial charge on any atom is -0.0782 e. The fourth-order valence-electron chi connectivity index (χ4n) is 5.04. The summed E-state index contributed by atoms with van der Waals surface area (Å²) in [6, 6.07) is 5.02. The molecule has 0 spiro atoms. The molecular weight excluding hydrogens is 310 g/mol. The van der Waals surface area contributed by atoms with E-state index in [1.54, 1.807) is 22.3 Å². The van der Waals surface area contributed by atoms with Crippen LogP contribution in [-0.4, -0.2) is 15.7 Å². The largest absolute Gasteiger partial charge is 0.140 e. The molecule has 0 N–H and O–H groups in total. The van der Waals surface area contributed by atoms with Crippen LogP contribution in [0.15, 0.2) is 12.1 Å². The molecule has 0 heterocycles. The summed E-state index contributed by atoms with van der Waals surface area (Å²) in [4.78, 5) is 0. The summed E-state index contributed by atoms with van der Waals surface area (Å²) in [6.45, 7) is 13.8. The highest BCUT2D eigenvalue weighted by Gasteiger charge is 2.18. The Bertz CT molecular complexity index is 931. The normalized spacial score (nSPS) is 11.6. The molecule has 0 amide bonds. The number of hydrogen-bond acceptors (Lipinski definition) is 0. The maximum atomic E-state index is 2.51. The van der Waals surface area contributed by atoms with Gasteiger partial charge in [-0.2, -0.15) is 0 Å². The predicted octanol–water partition coefficient (Wildman–Crippen LogP) is 3.38. The van der Waals surface area contributed by atoms with E-state index in [-0.39, 0.29) is 0 Å². The van der Waals surface area contributed by atoms with Crippen LogP contribution >= 0.6 is 0 Å². The first-order valence-corrected chi connectivity index (χ1v) is 10.4. The van der Waals surface area contributed by atoms with Crippen LogP contribution in [0.5, 0.6) is 0 Å². The van der Waals surface area contributed by atoms with Gasteiger partial charge in [0.1, 0.15) is 15.7 Å². The first-order valence-electron chi connectivity index (χ1n) is 10.4. The summed E-state index contributed by atoms with van der Waals surface area (Å²) in [6.07, 6.45) is 4.51. The van der Waals surface area contributed by atoms with Gasteiger partial charge in [-0.1, -0.05) is 49.7 Å². The summed E-state index contributed by atoms with van der Waals surface area (Å²) in [5.74, 6) is 0. The van der Waals surface area contributed by atoms with Crippen molar-refractivity contribution in [3.63, 3.8) is 0 Å². The highest BCUT2D eigenvalue weighted by atomic mass is 14.2. The van der Waals surface area contributed by atoms with Crippen LogP contribution < -0.4 is 10.9 Å². The Morgan fingerprint density at radius 1 is 0.538 bits per heavy atom. The monoisotopic (exact) mass is 342 g/mol. The zero-order valence-corrected chi connectivity index (χ0v) is 18.0. The molecule has 3 aromatic carbocycles. The van der Waals surface area contributed by atoms with Gasteiger partial charge in [0.05, 0.1) is 0 Å². The van der Waals surface area contributed by atoms with E-state index < -0.39 is 0 Å². The van der Waals surface area contributed by atoms with Gasteiger partial charge in [0.25, 0.3) is 0 Å². The van der Waals surface area contributed by atoms with Crippen molar-refractivity contribution in [2.75, 3.05) is 0 Å². The molecule has 26 heavy (non-hydrogen) atoms. The van der Waals surface area contributed by atoms with Crippen molar-refractivity contribution < 1.29 is 0 Å². The molecule has 0 nitrogen and oxygen atoms in total.